The highest BCUT2D eigenvalue weighted by molar-refractivity contribution is 6.05. The van der Waals surface area contributed by atoms with Crippen molar-refractivity contribution < 1.29 is 19.4 Å². The number of ketones is 1. The van der Waals surface area contributed by atoms with Crippen molar-refractivity contribution in [2.24, 2.45) is 5.92 Å². The van der Waals surface area contributed by atoms with Crippen LogP contribution < -0.4 is 4.74 Å². The third-order valence-electron chi connectivity index (χ3n) is 6.60. The molecule has 3 unspecified atom stereocenters. The van der Waals surface area contributed by atoms with Crippen molar-refractivity contribution >= 4 is 24.2 Å². The number of carbonyl (C=O) groups excluding carboxylic acids is 1. The zero-order valence-electron chi connectivity index (χ0n) is 17.3. The largest absolute Gasteiger partial charge is 0.478 e. The number of carboxylic acid groups (broad SMARTS) is 1. The van der Waals surface area contributed by atoms with E-state index in [-0.39, 0.29) is 35.5 Å². The smallest absolute Gasteiger partial charge is 0.339 e. The highest BCUT2D eigenvalue weighted by Gasteiger charge is 2.54. The van der Waals surface area contributed by atoms with E-state index in [4.69, 9.17) is 4.74 Å². The molecule has 4 rings (SSSR count). The number of aromatic carboxylic acids is 1. The van der Waals surface area contributed by atoms with E-state index in [9.17, 15) is 14.7 Å². The van der Waals surface area contributed by atoms with E-state index in [2.05, 4.69) is 11.8 Å². The number of hydrogen-bond acceptors (Lipinski definition) is 4. The number of piperidine rings is 1. The maximum Gasteiger partial charge on any atom is 0.339 e. The molecule has 0 amide bonds. The molecule has 0 aliphatic carbocycles. The van der Waals surface area contributed by atoms with Gasteiger partial charge < -0.3 is 9.84 Å². The molecular weight excluding hydrogens is 402 g/mol. The van der Waals surface area contributed by atoms with Crippen molar-refractivity contribution in [1.29, 1.82) is 0 Å². The topological polar surface area (TPSA) is 66.8 Å². The summed E-state index contributed by atoms with van der Waals surface area (Å²) in [5.74, 6) is -1.41. The van der Waals surface area contributed by atoms with E-state index in [1.165, 1.54) is 12.5 Å². The van der Waals surface area contributed by atoms with E-state index in [0.29, 0.717) is 5.56 Å². The molecule has 5 nitrogen and oxygen atoms in total. The Labute approximate surface area is 183 Å². The fourth-order valence-electron chi connectivity index (χ4n) is 4.97. The zero-order valence-corrected chi connectivity index (χ0v) is 18.2. The summed E-state index contributed by atoms with van der Waals surface area (Å²) in [6.07, 6.45) is 3.45. The monoisotopic (exact) mass is 429 g/mol. The molecule has 2 heterocycles. The lowest BCUT2D eigenvalue weighted by atomic mass is 9.71. The van der Waals surface area contributed by atoms with Crippen molar-refractivity contribution in [3.05, 3.63) is 65.2 Å². The molecule has 1 N–H and O–H groups in total. The lowest BCUT2D eigenvalue weighted by Crippen LogP contribution is -2.60. The Balaban J connectivity index is 0.00000256. The highest BCUT2D eigenvalue weighted by Crippen LogP contribution is 2.48. The average molecular weight is 430 g/mol. The Kier molecular flexibility index (Phi) is 6.53. The molecule has 0 aromatic heterocycles. The zero-order chi connectivity index (χ0) is 20.6. The van der Waals surface area contributed by atoms with Crippen LogP contribution in [0.25, 0.3) is 0 Å². The summed E-state index contributed by atoms with van der Waals surface area (Å²) in [4.78, 5) is 27.7. The molecular formula is C24H28ClNO4. The van der Waals surface area contributed by atoms with Gasteiger partial charge in [-0.2, -0.15) is 0 Å². The number of Topliss-reactive ketones (excluding diaryl/α,β-unsaturated/α-hetero) is 1. The summed E-state index contributed by atoms with van der Waals surface area (Å²) < 4.78 is 6.65. The maximum atomic E-state index is 13.5. The molecule has 2 aliphatic rings. The van der Waals surface area contributed by atoms with Crippen LogP contribution in [0.15, 0.2) is 48.5 Å². The molecule has 2 aliphatic heterocycles. The van der Waals surface area contributed by atoms with E-state index in [1.54, 1.807) is 12.1 Å². The van der Waals surface area contributed by atoms with Crippen molar-refractivity contribution in [2.45, 2.75) is 44.8 Å². The van der Waals surface area contributed by atoms with E-state index in [0.717, 1.165) is 31.5 Å². The number of likely N-dealkylation sites (tertiary alicyclic amines) is 1. The second-order valence-corrected chi connectivity index (χ2v) is 8.11. The van der Waals surface area contributed by atoms with Crippen LogP contribution in [0.5, 0.6) is 5.75 Å². The number of rotatable bonds is 4. The van der Waals surface area contributed by atoms with Gasteiger partial charge >= 0.3 is 5.97 Å². The Bertz CT molecular complexity index is 926. The van der Waals surface area contributed by atoms with Crippen LogP contribution in [-0.4, -0.2) is 40.9 Å². The van der Waals surface area contributed by atoms with Crippen LogP contribution in [0.2, 0.25) is 0 Å². The van der Waals surface area contributed by atoms with Crippen molar-refractivity contribution in [1.82, 2.24) is 4.90 Å². The van der Waals surface area contributed by atoms with Crippen LogP contribution in [-0.2, 0) is 5.60 Å². The van der Waals surface area contributed by atoms with Crippen LogP contribution in [0.3, 0.4) is 0 Å². The maximum absolute atomic E-state index is 13.5. The summed E-state index contributed by atoms with van der Waals surface area (Å²) in [6.45, 7) is 5.92. The Morgan fingerprint density at radius 3 is 2.40 bits per heavy atom. The summed E-state index contributed by atoms with van der Waals surface area (Å²) in [6, 6.07) is 14.5. The number of nitrogens with zero attached hydrogens (tertiary/aromatic N) is 1. The number of ether oxygens (including phenoxy) is 1. The minimum Gasteiger partial charge on any atom is -0.478 e. The molecule has 1 fully saturated rings. The molecule has 2 aromatic rings. The molecule has 3 atom stereocenters. The quantitative estimate of drug-likeness (QED) is 0.756. The van der Waals surface area contributed by atoms with Gasteiger partial charge in [-0.1, -0.05) is 49.7 Å². The second-order valence-electron chi connectivity index (χ2n) is 8.11. The minimum absolute atomic E-state index is 0. The molecule has 160 valence electrons. The predicted molar refractivity (Wildman–Crippen MR) is 118 cm³/mol. The first-order chi connectivity index (χ1) is 14.0. The molecule has 0 spiro atoms. The standard InChI is InChI=1S/C24H27NO4.ClH/c1-16-21(26)19-12-9-13-20(23(27)28)22(19)29-24(16,18-10-5-3-6-11-18)17(2)25-14-7-4-8-15-25;/h3,5-6,9-13,16-17H,4,7-8,14-15H2,1-2H3,(H,27,28);1H. The van der Waals surface area contributed by atoms with Crippen molar-refractivity contribution in [2.75, 3.05) is 13.1 Å². The van der Waals surface area contributed by atoms with E-state index in [1.807, 2.05) is 37.3 Å². The number of para-hydroxylation sites is 1. The van der Waals surface area contributed by atoms with Gasteiger partial charge in [0, 0.05) is 0 Å². The lowest BCUT2D eigenvalue weighted by Gasteiger charge is -2.50. The fraction of sp³-hybridized carbons (Fsp3) is 0.417. The first-order valence-electron chi connectivity index (χ1n) is 10.4. The number of benzene rings is 2. The molecule has 1 saturated heterocycles. The van der Waals surface area contributed by atoms with Gasteiger partial charge in [0.1, 0.15) is 11.3 Å². The number of halogens is 1. The summed E-state index contributed by atoms with van der Waals surface area (Å²) in [5.41, 5.74) is 0.349. The average Bonchev–Trinajstić information content (AvgIpc) is 2.76. The van der Waals surface area contributed by atoms with Gasteiger partial charge in [0.25, 0.3) is 0 Å². The minimum atomic E-state index is -1.09. The fourth-order valence-corrected chi connectivity index (χ4v) is 4.97. The van der Waals surface area contributed by atoms with Crippen molar-refractivity contribution in [3.63, 3.8) is 0 Å². The third kappa shape index (κ3) is 3.50. The molecule has 0 bridgehead atoms. The van der Waals surface area contributed by atoms with Gasteiger partial charge in [0.15, 0.2) is 11.4 Å². The van der Waals surface area contributed by atoms with Crippen LogP contribution in [0.4, 0.5) is 0 Å². The molecule has 0 saturated carbocycles. The van der Waals surface area contributed by atoms with Crippen LogP contribution in [0, 0.1) is 5.92 Å². The predicted octanol–water partition coefficient (Wildman–Crippen LogP) is 4.79. The van der Waals surface area contributed by atoms with Gasteiger partial charge in [-0.05, 0) is 50.6 Å². The lowest BCUT2D eigenvalue weighted by molar-refractivity contribution is -0.0661. The van der Waals surface area contributed by atoms with Gasteiger partial charge in [-0.15, -0.1) is 12.4 Å². The van der Waals surface area contributed by atoms with Crippen LogP contribution in [0.1, 0.15) is 59.4 Å². The van der Waals surface area contributed by atoms with Crippen LogP contribution >= 0.6 is 12.4 Å². The third-order valence-corrected chi connectivity index (χ3v) is 6.60. The Hall–Kier alpha value is -2.37. The number of carbonyl (C=O) groups is 2. The SMILES string of the molecule is CC1C(=O)c2cccc(C(=O)O)c2OC1(c1ccccc1)C(C)N1CCCCC1.Cl. The summed E-state index contributed by atoms with van der Waals surface area (Å²) in [5, 5.41) is 9.72. The summed E-state index contributed by atoms with van der Waals surface area (Å²) in [7, 11) is 0. The first-order valence-corrected chi connectivity index (χ1v) is 10.4. The normalized spacial score (nSPS) is 24.9. The Morgan fingerprint density at radius 2 is 1.77 bits per heavy atom. The Morgan fingerprint density at radius 1 is 1.10 bits per heavy atom. The highest BCUT2D eigenvalue weighted by atomic mass is 35.5. The molecule has 2 aromatic carbocycles. The number of hydrogen-bond donors (Lipinski definition) is 1. The van der Waals surface area contributed by atoms with Gasteiger partial charge in [0.2, 0.25) is 0 Å². The van der Waals surface area contributed by atoms with Gasteiger partial charge in [-0.3, -0.25) is 9.69 Å². The van der Waals surface area contributed by atoms with E-state index >= 15 is 0 Å². The van der Waals surface area contributed by atoms with E-state index < -0.39 is 17.5 Å². The number of fused-ring (bicyclic) bond motifs is 1. The first kappa shape index (κ1) is 22.3. The molecule has 6 heteroatoms. The van der Waals surface area contributed by atoms with Crippen molar-refractivity contribution in [3.8, 4) is 5.75 Å². The summed E-state index contributed by atoms with van der Waals surface area (Å²) >= 11 is 0. The molecule has 0 radical (unpaired) electrons. The number of carboxylic acids is 1. The van der Waals surface area contributed by atoms with Gasteiger partial charge in [0.05, 0.1) is 17.5 Å². The second kappa shape index (κ2) is 8.78. The van der Waals surface area contributed by atoms with Gasteiger partial charge in [-0.25, -0.2) is 4.79 Å². The molecule has 30 heavy (non-hydrogen) atoms.